The first-order valence-corrected chi connectivity index (χ1v) is 4.99. The molecule has 0 radical (unpaired) electrons. The lowest BCUT2D eigenvalue weighted by Gasteiger charge is -2.05. The van der Waals surface area contributed by atoms with Crippen LogP contribution in [0.5, 0.6) is 5.75 Å². The Kier molecular flexibility index (Phi) is 2.88. The predicted molar refractivity (Wildman–Crippen MR) is 60.9 cm³/mol. The van der Waals surface area contributed by atoms with Crippen molar-refractivity contribution in [3.8, 4) is 5.75 Å². The molecule has 2 heterocycles. The molecule has 0 unspecified atom stereocenters. The normalized spacial score (nSPS) is 10.6. The second kappa shape index (κ2) is 4.34. The average molecular weight is 233 g/mol. The van der Waals surface area contributed by atoms with Crippen molar-refractivity contribution in [2.75, 3.05) is 7.05 Å². The first-order chi connectivity index (χ1) is 8.13. The summed E-state index contributed by atoms with van der Waals surface area (Å²) in [5, 5.41) is 22.2. The second-order valence-electron chi connectivity index (χ2n) is 3.53. The molecule has 0 fully saturated rings. The molecule has 88 valence electrons. The third-order valence-electron chi connectivity index (χ3n) is 2.33. The summed E-state index contributed by atoms with van der Waals surface area (Å²) in [6.45, 7) is 0.542. The summed E-state index contributed by atoms with van der Waals surface area (Å²) in [6, 6.07) is 3.54. The average Bonchev–Trinajstić information content (AvgIpc) is 2.30. The van der Waals surface area contributed by atoms with Gasteiger partial charge in [-0.1, -0.05) is 0 Å². The van der Waals surface area contributed by atoms with Gasteiger partial charge in [0.25, 0.3) is 0 Å². The molecule has 0 saturated carbocycles. The number of nitrogens with zero attached hydrogens (tertiary/aromatic N) is 2. The lowest BCUT2D eigenvalue weighted by atomic mass is 10.2. The molecule has 0 aliphatic rings. The maximum Gasteiger partial charge on any atom is 0.358 e. The Balaban J connectivity index is 2.64. The summed E-state index contributed by atoms with van der Waals surface area (Å²) in [6.07, 6.45) is 1.38. The van der Waals surface area contributed by atoms with Gasteiger partial charge in [0.05, 0.1) is 5.69 Å². The molecule has 0 atom stereocenters. The molecular formula is C11H11N3O3. The summed E-state index contributed by atoms with van der Waals surface area (Å²) in [4.78, 5) is 18.7. The lowest BCUT2D eigenvalue weighted by molar-refractivity contribution is 0.0687. The molecule has 17 heavy (non-hydrogen) atoms. The number of hydrogen-bond acceptors (Lipinski definition) is 5. The number of carboxylic acid groups (broad SMARTS) is 1. The highest BCUT2D eigenvalue weighted by Crippen LogP contribution is 2.25. The number of nitrogens with one attached hydrogen (secondary N) is 1. The lowest BCUT2D eigenvalue weighted by Crippen LogP contribution is -2.07. The SMILES string of the molecule is CNCc1ccc2cnc(C(=O)O)c(O)c2n1. The van der Waals surface area contributed by atoms with Crippen molar-refractivity contribution in [2.45, 2.75) is 6.54 Å². The van der Waals surface area contributed by atoms with E-state index >= 15 is 0 Å². The minimum Gasteiger partial charge on any atom is -0.504 e. The molecule has 0 saturated heterocycles. The number of aromatic hydroxyl groups is 1. The van der Waals surface area contributed by atoms with Gasteiger partial charge in [-0.15, -0.1) is 0 Å². The van der Waals surface area contributed by atoms with Crippen LogP contribution in [0.1, 0.15) is 16.2 Å². The Morgan fingerprint density at radius 3 is 2.88 bits per heavy atom. The first kappa shape index (κ1) is 11.3. The molecule has 0 aromatic carbocycles. The minimum absolute atomic E-state index is 0.255. The standard InChI is InChI=1S/C11H11N3O3/c1-12-5-7-3-2-6-4-13-9(11(16)17)10(15)8(6)14-7/h2-4,12,15H,5H2,1H3,(H,16,17). The molecule has 2 aromatic rings. The van der Waals surface area contributed by atoms with Gasteiger partial charge in [0.2, 0.25) is 0 Å². The monoisotopic (exact) mass is 233 g/mol. The number of carboxylic acids is 1. The molecule has 0 amide bonds. The fourth-order valence-corrected chi connectivity index (χ4v) is 1.55. The molecule has 2 rings (SSSR count). The van der Waals surface area contributed by atoms with Crippen molar-refractivity contribution >= 4 is 16.9 Å². The number of rotatable bonds is 3. The molecule has 0 bridgehead atoms. The third-order valence-corrected chi connectivity index (χ3v) is 2.33. The summed E-state index contributed by atoms with van der Waals surface area (Å²) in [5.41, 5.74) is 0.592. The fourth-order valence-electron chi connectivity index (χ4n) is 1.55. The van der Waals surface area contributed by atoms with E-state index in [0.29, 0.717) is 11.9 Å². The summed E-state index contributed by atoms with van der Waals surface area (Å²) in [5.74, 6) is -1.67. The van der Waals surface area contributed by atoms with Gasteiger partial charge in [-0.05, 0) is 19.2 Å². The number of fused-ring (bicyclic) bond motifs is 1. The minimum atomic E-state index is -1.27. The number of aromatic nitrogens is 2. The first-order valence-electron chi connectivity index (χ1n) is 4.99. The van der Waals surface area contributed by atoms with E-state index < -0.39 is 11.7 Å². The highest BCUT2D eigenvalue weighted by molar-refractivity contribution is 5.96. The fraction of sp³-hybridized carbons (Fsp3) is 0.182. The number of hydrogen-bond donors (Lipinski definition) is 3. The van der Waals surface area contributed by atoms with Crippen LogP contribution in [-0.2, 0) is 6.54 Å². The highest BCUT2D eigenvalue weighted by atomic mass is 16.4. The highest BCUT2D eigenvalue weighted by Gasteiger charge is 2.15. The van der Waals surface area contributed by atoms with E-state index in [1.54, 1.807) is 19.2 Å². The summed E-state index contributed by atoms with van der Waals surface area (Å²) < 4.78 is 0. The van der Waals surface area contributed by atoms with Crippen molar-refractivity contribution in [3.63, 3.8) is 0 Å². The molecule has 0 aliphatic carbocycles. The van der Waals surface area contributed by atoms with Gasteiger partial charge in [-0.2, -0.15) is 0 Å². The van der Waals surface area contributed by atoms with E-state index in [0.717, 1.165) is 5.69 Å². The Bertz CT molecular complexity index is 583. The van der Waals surface area contributed by atoms with E-state index in [1.807, 2.05) is 0 Å². The quantitative estimate of drug-likeness (QED) is 0.724. The molecule has 0 spiro atoms. The molecule has 3 N–H and O–H groups in total. The van der Waals surface area contributed by atoms with Crippen molar-refractivity contribution in [3.05, 3.63) is 29.7 Å². The third kappa shape index (κ3) is 2.02. The van der Waals surface area contributed by atoms with Crippen LogP contribution < -0.4 is 5.32 Å². The number of carbonyl (C=O) groups is 1. The van der Waals surface area contributed by atoms with Gasteiger partial charge >= 0.3 is 5.97 Å². The largest absolute Gasteiger partial charge is 0.504 e. The van der Waals surface area contributed by atoms with Gasteiger partial charge in [-0.3, -0.25) is 0 Å². The maximum absolute atomic E-state index is 10.8. The molecular weight excluding hydrogens is 222 g/mol. The van der Waals surface area contributed by atoms with E-state index in [9.17, 15) is 9.90 Å². The van der Waals surface area contributed by atoms with Crippen LogP contribution in [0.25, 0.3) is 10.9 Å². The van der Waals surface area contributed by atoms with Crippen LogP contribution in [0.2, 0.25) is 0 Å². The van der Waals surface area contributed by atoms with Crippen LogP contribution in [-0.4, -0.2) is 33.2 Å². The van der Waals surface area contributed by atoms with Gasteiger partial charge in [-0.25, -0.2) is 14.8 Å². The van der Waals surface area contributed by atoms with E-state index in [-0.39, 0.29) is 11.2 Å². The Morgan fingerprint density at radius 2 is 2.24 bits per heavy atom. The topological polar surface area (TPSA) is 95.3 Å². The van der Waals surface area contributed by atoms with Crippen molar-refractivity contribution < 1.29 is 15.0 Å². The molecule has 6 nitrogen and oxygen atoms in total. The van der Waals surface area contributed by atoms with Crippen LogP contribution in [0.3, 0.4) is 0 Å². The van der Waals surface area contributed by atoms with Gasteiger partial charge in [0.15, 0.2) is 11.4 Å². The van der Waals surface area contributed by atoms with Crippen molar-refractivity contribution in [1.29, 1.82) is 0 Å². The van der Waals surface area contributed by atoms with Gasteiger partial charge in [0, 0.05) is 18.1 Å². The van der Waals surface area contributed by atoms with E-state index in [4.69, 9.17) is 5.11 Å². The zero-order valence-corrected chi connectivity index (χ0v) is 9.14. The zero-order chi connectivity index (χ0) is 12.4. The van der Waals surface area contributed by atoms with Crippen LogP contribution >= 0.6 is 0 Å². The van der Waals surface area contributed by atoms with Crippen LogP contribution in [0.4, 0.5) is 0 Å². The molecule has 2 aromatic heterocycles. The summed E-state index contributed by atoms with van der Waals surface area (Å²) in [7, 11) is 1.78. The Hall–Kier alpha value is -2.21. The smallest absolute Gasteiger partial charge is 0.358 e. The number of aromatic carboxylic acids is 1. The maximum atomic E-state index is 10.8. The zero-order valence-electron chi connectivity index (χ0n) is 9.14. The Morgan fingerprint density at radius 1 is 1.47 bits per heavy atom. The van der Waals surface area contributed by atoms with E-state index in [1.165, 1.54) is 6.20 Å². The van der Waals surface area contributed by atoms with Crippen LogP contribution in [0.15, 0.2) is 18.3 Å². The van der Waals surface area contributed by atoms with Crippen LogP contribution in [0, 0.1) is 0 Å². The van der Waals surface area contributed by atoms with Crippen molar-refractivity contribution in [2.24, 2.45) is 0 Å². The van der Waals surface area contributed by atoms with E-state index in [2.05, 4.69) is 15.3 Å². The number of pyridine rings is 2. The van der Waals surface area contributed by atoms with Gasteiger partial charge in [0.1, 0.15) is 5.52 Å². The summed E-state index contributed by atoms with van der Waals surface area (Å²) >= 11 is 0. The Labute approximate surface area is 96.9 Å². The second-order valence-corrected chi connectivity index (χ2v) is 3.53. The molecule has 6 heteroatoms. The van der Waals surface area contributed by atoms with Gasteiger partial charge < -0.3 is 15.5 Å². The predicted octanol–water partition coefficient (Wildman–Crippen LogP) is 0.753. The van der Waals surface area contributed by atoms with Crippen molar-refractivity contribution in [1.82, 2.24) is 15.3 Å². The molecule has 0 aliphatic heterocycles.